The van der Waals surface area contributed by atoms with Crippen molar-refractivity contribution in [2.45, 2.75) is 116 Å². The summed E-state index contributed by atoms with van der Waals surface area (Å²) in [5.74, 6) is -0.427. The Kier molecular flexibility index (Phi) is 11.0. The third kappa shape index (κ3) is 7.20. The van der Waals surface area contributed by atoms with Gasteiger partial charge in [0.15, 0.2) is 0 Å². The molecule has 2 fully saturated rings. The smallest absolute Gasteiger partial charge is 0.335 e. The van der Waals surface area contributed by atoms with E-state index < -0.39 is 41.3 Å². The fourth-order valence-corrected chi connectivity index (χ4v) is 18.6. The lowest BCUT2D eigenvalue weighted by atomic mass is 10.1. The van der Waals surface area contributed by atoms with E-state index in [0.717, 1.165) is 5.56 Å². The number of anilines is 1. The zero-order valence-corrected chi connectivity index (χ0v) is 31.7. The molecular formula is C35H51N5O6Si2. The van der Waals surface area contributed by atoms with Gasteiger partial charge in [0.05, 0.1) is 24.3 Å². The normalized spacial score (nSPS) is 23.6. The largest absolute Gasteiger partial charge is 0.458 e. The average Bonchev–Trinajstić information content (AvgIpc) is 3.61. The summed E-state index contributed by atoms with van der Waals surface area (Å²) in [6, 6.07) is 11.2. The SMILES string of the molecule is CC(=O)OC1[C@H](Nc2ncncc2C(=O)c2ccn(Cc3ccccc3)n2)C[C@@H]2CO[Si](C(C)C)(C(C)C)O[Si](C(C)C)(C(C)C)O[C@@H]12. The fourth-order valence-electron chi connectivity index (χ4n) is 7.33. The molecule has 1 saturated carbocycles. The first-order chi connectivity index (χ1) is 22.8. The molecular weight excluding hydrogens is 643 g/mol. The molecule has 11 nitrogen and oxygen atoms in total. The Morgan fingerprint density at radius 3 is 2.27 bits per heavy atom. The quantitative estimate of drug-likeness (QED) is 0.133. The molecule has 4 atom stereocenters. The van der Waals surface area contributed by atoms with Crippen molar-refractivity contribution in [3.8, 4) is 0 Å². The number of benzene rings is 1. The minimum Gasteiger partial charge on any atom is -0.458 e. The number of ether oxygens (including phenoxy) is 1. The number of aromatic nitrogens is 4. The second kappa shape index (κ2) is 14.7. The highest BCUT2D eigenvalue weighted by Gasteiger charge is 2.61. The van der Waals surface area contributed by atoms with Crippen molar-refractivity contribution < 1.29 is 27.3 Å². The van der Waals surface area contributed by atoms with E-state index in [1.165, 1.54) is 19.4 Å². The van der Waals surface area contributed by atoms with E-state index in [9.17, 15) is 9.59 Å². The van der Waals surface area contributed by atoms with E-state index in [0.29, 0.717) is 25.4 Å². The molecule has 1 saturated heterocycles. The minimum absolute atomic E-state index is 0.0702. The van der Waals surface area contributed by atoms with Gasteiger partial charge in [0, 0.05) is 31.8 Å². The summed E-state index contributed by atoms with van der Waals surface area (Å²) in [6.45, 7) is 19.9. The van der Waals surface area contributed by atoms with Crippen molar-refractivity contribution in [2.75, 3.05) is 11.9 Å². The van der Waals surface area contributed by atoms with Gasteiger partial charge in [0.25, 0.3) is 0 Å². The molecule has 2 aliphatic rings. The molecule has 13 heteroatoms. The fraction of sp³-hybridized carbons (Fsp3) is 0.571. The van der Waals surface area contributed by atoms with Gasteiger partial charge in [-0.05, 0) is 40.2 Å². The van der Waals surface area contributed by atoms with E-state index in [1.807, 2.05) is 30.3 Å². The van der Waals surface area contributed by atoms with Crippen LogP contribution in [0.3, 0.4) is 0 Å². The lowest BCUT2D eigenvalue weighted by Gasteiger charge is -2.51. The topological polar surface area (TPSA) is 127 Å². The summed E-state index contributed by atoms with van der Waals surface area (Å²) in [4.78, 5) is 35.1. The van der Waals surface area contributed by atoms with E-state index in [1.54, 1.807) is 16.9 Å². The van der Waals surface area contributed by atoms with Crippen molar-refractivity contribution in [2.24, 2.45) is 5.92 Å². The van der Waals surface area contributed by atoms with Crippen LogP contribution < -0.4 is 5.32 Å². The number of hydrogen-bond acceptors (Lipinski definition) is 10. The second-order valence-electron chi connectivity index (χ2n) is 14.4. The van der Waals surface area contributed by atoms with E-state index in [4.69, 9.17) is 17.7 Å². The number of carbonyl (C=O) groups excluding carboxylic acids is 2. The molecule has 3 aromatic rings. The molecule has 1 N–H and O–H groups in total. The van der Waals surface area contributed by atoms with Crippen molar-refractivity contribution in [1.29, 1.82) is 0 Å². The van der Waals surface area contributed by atoms with Gasteiger partial charge >= 0.3 is 23.1 Å². The summed E-state index contributed by atoms with van der Waals surface area (Å²) >= 11 is 0. The Hall–Kier alpha value is -3.24. The molecule has 48 heavy (non-hydrogen) atoms. The molecule has 5 rings (SSSR count). The van der Waals surface area contributed by atoms with Crippen LogP contribution in [0.25, 0.3) is 0 Å². The molecule has 0 amide bonds. The summed E-state index contributed by atoms with van der Waals surface area (Å²) in [5, 5.41) is 8.03. The Morgan fingerprint density at radius 1 is 0.979 bits per heavy atom. The van der Waals surface area contributed by atoms with E-state index >= 15 is 0 Å². The van der Waals surface area contributed by atoms with Crippen LogP contribution in [0.2, 0.25) is 22.2 Å². The van der Waals surface area contributed by atoms with Gasteiger partial charge < -0.3 is 23.0 Å². The number of nitrogens with one attached hydrogen (secondary N) is 1. The number of rotatable bonds is 11. The highest BCUT2D eigenvalue weighted by molar-refractivity contribution is 6.84. The first kappa shape index (κ1) is 36.1. The van der Waals surface area contributed by atoms with Crippen LogP contribution in [0.4, 0.5) is 5.82 Å². The number of carbonyl (C=O) groups is 2. The third-order valence-corrected chi connectivity index (χ3v) is 20.0. The third-order valence-electron chi connectivity index (χ3n) is 9.76. The van der Waals surface area contributed by atoms with Crippen LogP contribution in [-0.2, 0) is 29.0 Å². The summed E-state index contributed by atoms with van der Waals surface area (Å²) in [7, 11) is -5.69. The summed E-state index contributed by atoms with van der Waals surface area (Å²) in [6.07, 6.45) is 4.18. The second-order valence-corrected chi connectivity index (χ2v) is 23.2. The van der Waals surface area contributed by atoms with Gasteiger partial charge in [-0.3, -0.25) is 14.3 Å². The summed E-state index contributed by atoms with van der Waals surface area (Å²) < 4.78 is 29.5. The van der Waals surface area contributed by atoms with Crippen LogP contribution in [0, 0.1) is 5.92 Å². The van der Waals surface area contributed by atoms with E-state index in [-0.39, 0.29) is 45.1 Å². The maximum Gasteiger partial charge on any atom is 0.335 e. The van der Waals surface area contributed by atoms with Crippen molar-refractivity contribution in [3.63, 3.8) is 0 Å². The number of nitrogens with zero attached hydrogens (tertiary/aromatic N) is 4. The van der Waals surface area contributed by atoms with Crippen LogP contribution in [0.15, 0.2) is 55.1 Å². The molecule has 2 aromatic heterocycles. The van der Waals surface area contributed by atoms with Crippen LogP contribution >= 0.6 is 0 Å². The Labute approximate surface area is 286 Å². The standard InChI is InChI=1S/C35H51N5O6Si2/c1-22(2)47(23(3)4)43-20-28-17-31(34(44-26(9)41)33(28)45-48(46-47,24(5)6)25(7)8)38-35-29(18-36-21-37-35)32(42)30-15-16-40(39-30)19-27-13-11-10-12-14-27/h10-16,18,21-25,28,31,33-34H,17,19-20H2,1-9H3,(H,36,37,38)/t28-,31-,33-,34?/m1/s1. The monoisotopic (exact) mass is 693 g/mol. The zero-order chi connectivity index (χ0) is 34.8. The van der Waals surface area contributed by atoms with Gasteiger partial charge in [-0.1, -0.05) is 85.7 Å². The highest BCUT2D eigenvalue weighted by atomic mass is 28.5. The lowest BCUT2D eigenvalue weighted by molar-refractivity contribution is -0.152. The molecule has 1 aliphatic heterocycles. The van der Waals surface area contributed by atoms with Crippen LogP contribution in [0.5, 0.6) is 0 Å². The molecule has 0 bridgehead atoms. The Morgan fingerprint density at radius 2 is 1.65 bits per heavy atom. The van der Waals surface area contributed by atoms with Crippen LogP contribution in [-0.4, -0.2) is 73.5 Å². The number of esters is 1. The van der Waals surface area contributed by atoms with Crippen molar-refractivity contribution in [3.05, 3.63) is 71.9 Å². The lowest BCUT2D eigenvalue weighted by Crippen LogP contribution is -2.65. The molecule has 1 unspecified atom stereocenters. The van der Waals surface area contributed by atoms with Gasteiger partial charge in [0.2, 0.25) is 5.78 Å². The minimum atomic E-state index is -2.95. The molecule has 260 valence electrons. The number of fused-ring (bicyclic) bond motifs is 1. The molecule has 3 heterocycles. The maximum absolute atomic E-state index is 13.8. The molecule has 1 aliphatic carbocycles. The van der Waals surface area contributed by atoms with Crippen molar-refractivity contribution in [1.82, 2.24) is 19.7 Å². The first-order valence-electron chi connectivity index (χ1n) is 17.1. The van der Waals surface area contributed by atoms with Gasteiger partial charge in [0.1, 0.15) is 23.9 Å². The molecule has 0 spiro atoms. The average molecular weight is 694 g/mol. The molecule has 1 aromatic carbocycles. The maximum atomic E-state index is 13.8. The Balaban J connectivity index is 1.46. The summed E-state index contributed by atoms with van der Waals surface area (Å²) in [5.41, 5.74) is 2.34. The predicted molar refractivity (Wildman–Crippen MR) is 188 cm³/mol. The van der Waals surface area contributed by atoms with Gasteiger partial charge in [-0.2, -0.15) is 5.10 Å². The molecule has 0 radical (unpaired) electrons. The van der Waals surface area contributed by atoms with E-state index in [2.05, 4.69) is 75.8 Å². The van der Waals surface area contributed by atoms with Crippen LogP contribution in [0.1, 0.15) is 90.3 Å². The zero-order valence-electron chi connectivity index (χ0n) is 29.7. The number of hydrogen-bond donors (Lipinski definition) is 1. The number of ketones is 1. The predicted octanol–water partition coefficient (Wildman–Crippen LogP) is 6.64. The van der Waals surface area contributed by atoms with Gasteiger partial charge in [-0.15, -0.1) is 0 Å². The first-order valence-corrected chi connectivity index (χ1v) is 21.1. The van der Waals surface area contributed by atoms with Gasteiger partial charge in [-0.25, -0.2) is 9.97 Å². The highest BCUT2D eigenvalue weighted by Crippen LogP contribution is 2.49. The van der Waals surface area contributed by atoms with Crippen molar-refractivity contribution >= 4 is 34.7 Å². The Bertz CT molecular complexity index is 1550.